The lowest BCUT2D eigenvalue weighted by molar-refractivity contribution is -0.126. The lowest BCUT2D eigenvalue weighted by Gasteiger charge is -2.11. The molecule has 0 saturated carbocycles. The number of carbonyl (C=O) groups excluding carboxylic acids is 2. The molecule has 0 heterocycles. The maximum absolute atomic E-state index is 11.5. The fourth-order valence-corrected chi connectivity index (χ4v) is 1.18. The van der Waals surface area contributed by atoms with Crippen LogP contribution in [-0.2, 0) is 9.59 Å². The molecule has 86 valence electrons. The zero-order valence-corrected chi connectivity index (χ0v) is 9.07. The minimum absolute atomic E-state index is 0.0597. The molecule has 0 bridgehead atoms. The Hall–Kier alpha value is -1.88. The van der Waals surface area contributed by atoms with Gasteiger partial charge in [-0.3, -0.25) is 9.59 Å². The summed E-state index contributed by atoms with van der Waals surface area (Å²) in [6, 6.07) is 8.25. The molecule has 16 heavy (non-hydrogen) atoms. The van der Waals surface area contributed by atoms with E-state index in [9.17, 15) is 9.59 Å². The molecule has 1 rings (SSSR count). The van der Waals surface area contributed by atoms with E-state index in [2.05, 4.69) is 10.6 Å². The second-order valence-electron chi connectivity index (χ2n) is 3.28. The Bertz CT molecular complexity index is 365. The molecule has 0 spiro atoms. The molecule has 0 unspecified atom stereocenters. The zero-order valence-electron chi connectivity index (χ0n) is 9.07. The second-order valence-corrected chi connectivity index (χ2v) is 3.28. The highest BCUT2D eigenvalue weighted by Crippen LogP contribution is 2.08. The predicted octanol–water partition coefficient (Wildman–Crippen LogP) is -0.451. The van der Waals surface area contributed by atoms with Crippen LogP contribution in [0.3, 0.4) is 0 Å². The summed E-state index contributed by atoms with van der Waals surface area (Å²) in [5.74, 6) is -0.622. The van der Waals surface area contributed by atoms with Gasteiger partial charge < -0.3 is 16.4 Å². The second kappa shape index (κ2) is 5.87. The Morgan fingerprint density at radius 1 is 1.31 bits per heavy atom. The third-order valence-electron chi connectivity index (χ3n) is 2.14. The molecule has 5 nitrogen and oxygen atoms in total. The highest BCUT2D eigenvalue weighted by atomic mass is 16.2. The van der Waals surface area contributed by atoms with Crippen molar-refractivity contribution >= 4 is 11.8 Å². The van der Waals surface area contributed by atoms with Crippen molar-refractivity contribution < 1.29 is 9.59 Å². The van der Waals surface area contributed by atoms with E-state index < -0.39 is 6.04 Å². The summed E-state index contributed by atoms with van der Waals surface area (Å²) in [7, 11) is 1.51. The third-order valence-corrected chi connectivity index (χ3v) is 2.14. The summed E-state index contributed by atoms with van der Waals surface area (Å²) >= 11 is 0. The van der Waals surface area contributed by atoms with Gasteiger partial charge in [0.1, 0.15) is 6.04 Å². The first-order valence-electron chi connectivity index (χ1n) is 4.94. The maximum Gasteiger partial charge on any atom is 0.241 e. The standard InChI is InChI=1S/C11H15N3O2/c1-13-9(15)7-14-11(16)10(12)8-5-3-2-4-6-8/h2-6,10H,7,12H2,1H3,(H,13,15)(H,14,16)/t10-/m1/s1. The van der Waals surface area contributed by atoms with Gasteiger partial charge in [0.2, 0.25) is 11.8 Å². The van der Waals surface area contributed by atoms with Gasteiger partial charge in [-0.25, -0.2) is 0 Å². The number of nitrogens with two attached hydrogens (primary N) is 1. The van der Waals surface area contributed by atoms with Gasteiger partial charge in [0, 0.05) is 7.05 Å². The van der Waals surface area contributed by atoms with E-state index in [1.807, 2.05) is 6.07 Å². The van der Waals surface area contributed by atoms with E-state index in [0.29, 0.717) is 0 Å². The summed E-state index contributed by atoms with van der Waals surface area (Å²) in [6.45, 7) is -0.0597. The number of likely N-dealkylation sites (N-methyl/N-ethyl adjacent to an activating group) is 1. The average molecular weight is 221 g/mol. The molecular weight excluding hydrogens is 206 g/mol. The number of carbonyl (C=O) groups is 2. The van der Waals surface area contributed by atoms with E-state index >= 15 is 0 Å². The monoisotopic (exact) mass is 221 g/mol. The molecule has 5 heteroatoms. The van der Waals surface area contributed by atoms with Gasteiger partial charge in [0.05, 0.1) is 6.54 Å². The van der Waals surface area contributed by atoms with E-state index in [4.69, 9.17) is 5.73 Å². The van der Waals surface area contributed by atoms with Gasteiger partial charge >= 0.3 is 0 Å². The van der Waals surface area contributed by atoms with Crippen LogP contribution in [0.5, 0.6) is 0 Å². The Labute approximate surface area is 94.0 Å². The highest BCUT2D eigenvalue weighted by Gasteiger charge is 2.15. The summed E-state index contributed by atoms with van der Waals surface area (Å²) < 4.78 is 0. The summed E-state index contributed by atoms with van der Waals surface area (Å²) in [4.78, 5) is 22.5. The quantitative estimate of drug-likeness (QED) is 0.643. The van der Waals surface area contributed by atoms with Crippen LogP contribution in [-0.4, -0.2) is 25.4 Å². The molecule has 1 aromatic carbocycles. The maximum atomic E-state index is 11.5. The number of benzene rings is 1. The lowest BCUT2D eigenvalue weighted by atomic mass is 10.1. The molecule has 0 aromatic heterocycles. The van der Waals surface area contributed by atoms with Crippen LogP contribution in [0.1, 0.15) is 11.6 Å². The van der Waals surface area contributed by atoms with E-state index in [0.717, 1.165) is 5.56 Å². The first-order chi connectivity index (χ1) is 7.65. The van der Waals surface area contributed by atoms with Crippen molar-refractivity contribution in [3.05, 3.63) is 35.9 Å². The van der Waals surface area contributed by atoms with Crippen LogP contribution in [0, 0.1) is 0 Å². The predicted molar refractivity (Wildman–Crippen MR) is 60.4 cm³/mol. The first-order valence-corrected chi connectivity index (χ1v) is 4.94. The van der Waals surface area contributed by atoms with Gasteiger partial charge in [-0.2, -0.15) is 0 Å². The van der Waals surface area contributed by atoms with E-state index in [-0.39, 0.29) is 18.4 Å². The number of hydrogen-bond acceptors (Lipinski definition) is 3. The molecule has 0 fully saturated rings. The van der Waals surface area contributed by atoms with Crippen molar-refractivity contribution in [1.29, 1.82) is 0 Å². The summed E-state index contributed by atoms with van der Waals surface area (Å²) in [5.41, 5.74) is 6.44. The van der Waals surface area contributed by atoms with Crippen LogP contribution < -0.4 is 16.4 Å². The van der Waals surface area contributed by atoms with Crippen LogP contribution >= 0.6 is 0 Å². The Balaban J connectivity index is 2.52. The first kappa shape index (κ1) is 12.2. The molecule has 0 aliphatic heterocycles. The summed E-state index contributed by atoms with van der Waals surface area (Å²) in [6.07, 6.45) is 0. The van der Waals surface area contributed by atoms with Gasteiger partial charge in [0.15, 0.2) is 0 Å². The molecule has 4 N–H and O–H groups in total. The minimum atomic E-state index is -0.745. The third kappa shape index (κ3) is 3.36. The SMILES string of the molecule is CNC(=O)CNC(=O)[C@H](N)c1ccccc1. The minimum Gasteiger partial charge on any atom is -0.358 e. The Morgan fingerprint density at radius 2 is 1.94 bits per heavy atom. The number of nitrogens with one attached hydrogen (secondary N) is 2. The molecule has 1 aromatic rings. The largest absolute Gasteiger partial charge is 0.358 e. The molecular formula is C11H15N3O2. The van der Waals surface area contributed by atoms with Gasteiger partial charge in [0.25, 0.3) is 0 Å². The Morgan fingerprint density at radius 3 is 2.50 bits per heavy atom. The van der Waals surface area contributed by atoms with Crippen molar-refractivity contribution in [2.45, 2.75) is 6.04 Å². The van der Waals surface area contributed by atoms with Gasteiger partial charge in [-0.1, -0.05) is 30.3 Å². The van der Waals surface area contributed by atoms with Crippen LogP contribution in [0.2, 0.25) is 0 Å². The van der Waals surface area contributed by atoms with Gasteiger partial charge in [-0.05, 0) is 5.56 Å². The zero-order chi connectivity index (χ0) is 12.0. The number of amides is 2. The lowest BCUT2D eigenvalue weighted by Crippen LogP contribution is -2.40. The topological polar surface area (TPSA) is 84.2 Å². The van der Waals surface area contributed by atoms with Crippen LogP contribution in [0.15, 0.2) is 30.3 Å². The molecule has 0 saturated heterocycles. The Kier molecular flexibility index (Phi) is 4.47. The normalized spacial score (nSPS) is 11.6. The smallest absolute Gasteiger partial charge is 0.241 e. The number of rotatable bonds is 4. The number of hydrogen-bond donors (Lipinski definition) is 3. The van der Waals surface area contributed by atoms with E-state index in [1.54, 1.807) is 24.3 Å². The highest BCUT2D eigenvalue weighted by molar-refractivity contribution is 5.87. The molecule has 0 aliphatic carbocycles. The molecule has 0 aliphatic rings. The van der Waals surface area contributed by atoms with Crippen molar-refractivity contribution in [3.63, 3.8) is 0 Å². The van der Waals surface area contributed by atoms with Crippen LogP contribution in [0.4, 0.5) is 0 Å². The van der Waals surface area contributed by atoms with Gasteiger partial charge in [-0.15, -0.1) is 0 Å². The fourth-order valence-electron chi connectivity index (χ4n) is 1.18. The molecule has 0 radical (unpaired) electrons. The van der Waals surface area contributed by atoms with Crippen LogP contribution in [0.25, 0.3) is 0 Å². The average Bonchev–Trinajstić information content (AvgIpc) is 2.35. The van der Waals surface area contributed by atoms with Crippen molar-refractivity contribution in [3.8, 4) is 0 Å². The van der Waals surface area contributed by atoms with Crippen molar-refractivity contribution in [1.82, 2.24) is 10.6 Å². The fraction of sp³-hybridized carbons (Fsp3) is 0.273. The van der Waals surface area contributed by atoms with E-state index in [1.165, 1.54) is 7.05 Å². The van der Waals surface area contributed by atoms with Crippen molar-refractivity contribution in [2.75, 3.05) is 13.6 Å². The molecule has 2 amide bonds. The summed E-state index contributed by atoms with van der Waals surface area (Å²) in [5, 5.41) is 4.86. The van der Waals surface area contributed by atoms with Crippen molar-refractivity contribution in [2.24, 2.45) is 5.73 Å². The molecule has 1 atom stereocenters.